The Kier molecular flexibility index (Phi) is 6.80. The lowest BCUT2D eigenvalue weighted by Gasteiger charge is -2.30. The average Bonchev–Trinajstić information content (AvgIpc) is 2.99. The molecule has 1 aromatic carbocycles. The summed E-state index contributed by atoms with van der Waals surface area (Å²) in [5.41, 5.74) is 2.58. The Morgan fingerprint density at radius 2 is 2.11 bits per heavy atom. The summed E-state index contributed by atoms with van der Waals surface area (Å²) in [6, 6.07) is 9.93. The number of amides is 1. The van der Waals surface area contributed by atoms with Gasteiger partial charge in [-0.15, -0.1) is 11.8 Å². The lowest BCUT2D eigenvalue weighted by atomic mass is 10.2. The second kappa shape index (κ2) is 9.30. The van der Waals surface area contributed by atoms with Crippen molar-refractivity contribution in [3.8, 4) is 0 Å². The van der Waals surface area contributed by atoms with Crippen molar-refractivity contribution in [3.63, 3.8) is 0 Å². The zero-order valence-corrected chi connectivity index (χ0v) is 17.4. The highest BCUT2D eigenvalue weighted by Crippen LogP contribution is 2.23. The minimum absolute atomic E-state index is 0.152. The molecule has 0 N–H and O–H groups in total. The number of nitrogens with zero attached hydrogens (tertiary/aromatic N) is 3. The van der Waals surface area contributed by atoms with Crippen molar-refractivity contribution in [2.75, 3.05) is 26.0 Å². The van der Waals surface area contributed by atoms with E-state index in [2.05, 4.69) is 5.10 Å². The normalized spacial score (nSPS) is 17.1. The van der Waals surface area contributed by atoms with E-state index in [9.17, 15) is 9.59 Å². The SMILES string of the molecule is COC(=O)[C@@H]1CN(C(=O)/C=C/c2c(C)nn(Cc3ccccc3)c2Cl)CCS1. The molecule has 3 rings (SSSR count). The van der Waals surface area contributed by atoms with Gasteiger partial charge in [-0.05, 0) is 18.6 Å². The van der Waals surface area contributed by atoms with Gasteiger partial charge in [-0.1, -0.05) is 41.9 Å². The van der Waals surface area contributed by atoms with Crippen LogP contribution < -0.4 is 0 Å². The van der Waals surface area contributed by atoms with Crippen molar-refractivity contribution in [1.82, 2.24) is 14.7 Å². The van der Waals surface area contributed by atoms with E-state index in [4.69, 9.17) is 16.3 Å². The first-order valence-electron chi connectivity index (χ1n) is 8.93. The largest absolute Gasteiger partial charge is 0.468 e. The van der Waals surface area contributed by atoms with E-state index in [1.807, 2.05) is 37.3 Å². The number of carbonyl (C=O) groups excluding carboxylic acids is 2. The number of halogens is 1. The van der Waals surface area contributed by atoms with Gasteiger partial charge in [0.05, 0.1) is 19.3 Å². The van der Waals surface area contributed by atoms with Gasteiger partial charge >= 0.3 is 5.97 Å². The Morgan fingerprint density at radius 3 is 2.82 bits per heavy atom. The number of aryl methyl sites for hydroxylation is 1. The summed E-state index contributed by atoms with van der Waals surface area (Å²) in [5.74, 6) is 0.252. The highest BCUT2D eigenvalue weighted by atomic mass is 35.5. The molecule has 1 fully saturated rings. The van der Waals surface area contributed by atoms with Gasteiger partial charge in [0.1, 0.15) is 10.4 Å². The fraction of sp³-hybridized carbons (Fsp3) is 0.350. The number of hydrogen-bond donors (Lipinski definition) is 0. The zero-order chi connectivity index (χ0) is 20.1. The summed E-state index contributed by atoms with van der Waals surface area (Å²) in [7, 11) is 1.36. The van der Waals surface area contributed by atoms with Crippen molar-refractivity contribution < 1.29 is 14.3 Å². The number of aromatic nitrogens is 2. The second-order valence-corrected chi connectivity index (χ2v) is 8.10. The molecule has 0 saturated carbocycles. The number of hydrogen-bond acceptors (Lipinski definition) is 5. The zero-order valence-electron chi connectivity index (χ0n) is 15.8. The second-order valence-electron chi connectivity index (χ2n) is 6.43. The van der Waals surface area contributed by atoms with Crippen LogP contribution in [0.4, 0.5) is 0 Å². The van der Waals surface area contributed by atoms with Crippen LogP contribution in [0.3, 0.4) is 0 Å². The van der Waals surface area contributed by atoms with Crippen LogP contribution in [-0.2, 0) is 20.9 Å². The number of thioether (sulfide) groups is 1. The molecular formula is C20H22ClN3O3S. The summed E-state index contributed by atoms with van der Waals surface area (Å²) in [5, 5.41) is 4.64. The highest BCUT2D eigenvalue weighted by Gasteiger charge is 2.28. The number of esters is 1. The Labute approximate surface area is 173 Å². The van der Waals surface area contributed by atoms with Crippen LogP contribution >= 0.6 is 23.4 Å². The Balaban J connectivity index is 1.70. The lowest BCUT2D eigenvalue weighted by Crippen LogP contribution is -2.44. The van der Waals surface area contributed by atoms with Gasteiger partial charge in [0.2, 0.25) is 5.91 Å². The van der Waals surface area contributed by atoms with E-state index in [1.54, 1.807) is 15.7 Å². The molecule has 1 amide bonds. The molecule has 2 heterocycles. The van der Waals surface area contributed by atoms with E-state index in [1.165, 1.54) is 24.9 Å². The first-order valence-corrected chi connectivity index (χ1v) is 10.4. The lowest BCUT2D eigenvalue weighted by molar-refractivity contribution is -0.140. The van der Waals surface area contributed by atoms with Crippen molar-refractivity contribution in [2.45, 2.75) is 18.7 Å². The molecule has 8 heteroatoms. The first kappa shape index (κ1) is 20.5. The quantitative estimate of drug-likeness (QED) is 0.550. The van der Waals surface area contributed by atoms with Crippen molar-refractivity contribution in [2.24, 2.45) is 0 Å². The smallest absolute Gasteiger partial charge is 0.320 e. The van der Waals surface area contributed by atoms with E-state index in [0.717, 1.165) is 16.8 Å². The number of benzene rings is 1. The third-order valence-electron chi connectivity index (χ3n) is 4.52. The molecular weight excluding hydrogens is 398 g/mol. The summed E-state index contributed by atoms with van der Waals surface area (Å²) in [6.45, 7) is 3.37. The Morgan fingerprint density at radius 1 is 1.36 bits per heavy atom. The highest BCUT2D eigenvalue weighted by molar-refractivity contribution is 8.00. The van der Waals surface area contributed by atoms with Crippen LogP contribution in [0.1, 0.15) is 16.8 Å². The van der Waals surface area contributed by atoms with Crippen molar-refractivity contribution >= 4 is 41.3 Å². The number of carbonyl (C=O) groups is 2. The molecule has 0 aliphatic carbocycles. The maximum absolute atomic E-state index is 12.6. The van der Waals surface area contributed by atoms with Gasteiger partial charge in [0.15, 0.2) is 0 Å². The third kappa shape index (κ3) is 4.77. The maximum atomic E-state index is 12.6. The van der Waals surface area contributed by atoms with Crippen LogP contribution in [0.15, 0.2) is 36.4 Å². The average molecular weight is 420 g/mol. The fourth-order valence-corrected chi connectivity index (χ4v) is 4.43. The summed E-state index contributed by atoms with van der Waals surface area (Å²) in [4.78, 5) is 25.9. The minimum atomic E-state index is -0.338. The monoisotopic (exact) mass is 419 g/mol. The molecule has 1 aliphatic rings. The molecule has 1 aliphatic heterocycles. The molecule has 6 nitrogen and oxygen atoms in total. The van der Waals surface area contributed by atoms with Crippen molar-refractivity contribution in [1.29, 1.82) is 0 Å². The van der Waals surface area contributed by atoms with Crippen LogP contribution in [0.25, 0.3) is 6.08 Å². The summed E-state index contributed by atoms with van der Waals surface area (Å²) in [6.07, 6.45) is 3.19. The Bertz CT molecular complexity index is 882. The van der Waals surface area contributed by atoms with Gasteiger partial charge in [-0.3, -0.25) is 9.59 Å². The topological polar surface area (TPSA) is 64.4 Å². The number of ether oxygens (including phenoxy) is 1. The van der Waals surface area contributed by atoms with Gasteiger partial charge in [0, 0.05) is 30.5 Å². The van der Waals surface area contributed by atoms with E-state index < -0.39 is 0 Å². The molecule has 0 bridgehead atoms. The molecule has 1 aromatic heterocycles. The minimum Gasteiger partial charge on any atom is -0.468 e. The van der Waals surface area contributed by atoms with E-state index in [0.29, 0.717) is 30.5 Å². The summed E-state index contributed by atoms with van der Waals surface area (Å²) < 4.78 is 6.51. The van der Waals surface area contributed by atoms with Gasteiger partial charge < -0.3 is 9.64 Å². The maximum Gasteiger partial charge on any atom is 0.320 e. The predicted molar refractivity (Wildman–Crippen MR) is 111 cm³/mol. The molecule has 28 heavy (non-hydrogen) atoms. The standard InChI is InChI=1S/C20H22ClN3O3S/c1-14-16(19(21)24(22-14)12-15-6-4-3-5-7-15)8-9-18(25)23-10-11-28-17(13-23)20(26)27-2/h3-9,17H,10-13H2,1-2H3/b9-8+/t17-/m0/s1. The number of rotatable bonds is 5. The van der Waals surface area contributed by atoms with Crippen LogP contribution in [0, 0.1) is 6.92 Å². The molecule has 0 unspecified atom stereocenters. The number of methoxy groups -OCH3 is 1. The third-order valence-corrected chi connectivity index (χ3v) is 6.08. The summed E-state index contributed by atoms with van der Waals surface area (Å²) >= 11 is 8.01. The fourth-order valence-electron chi connectivity index (χ4n) is 3.00. The first-order chi connectivity index (χ1) is 13.5. The molecule has 1 saturated heterocycles. The Hall–Kier alpha value is -2.25. The predicted octanol–water partition coefficient (Wildman–Crippen LogP) is 3.02. The molecule has 148 valence electrons. The van der Waals surface area contributed by atoms with Crippen LogP contribution in [0.5, 0.6) is 0 Å². The van der Waals surface area contributed by atoms with E-state index >= 15 is 0 Å². The van der Waals surface area contributed by atoms with Gasteiger partial charge in [-0.25, -0.2) is 4.68 Å². The van der Waals surface area contributed by atoms with Gasteiger partial charge in [-0.2, -0.15) is 5.10 Å². The molecule has 0 radical (unpaired) electrons. The van der Waals surface area contributed by atoms with Gasteiger partial charge in [0.25, 0.3) is 0 Å². The van der Waals surface area contributed by atoms with Crippen LogP contribution in [0.2, 0.25) is 5.15 Å². The van der Waals surface area contributed by atoms with Crippen molar-refractivity contribution in [3.05, 3.63) is 58.4 Å². The van der Waals surface area contributed by atoms with E-state index in [-0.39, 0.29) is 17.1 Å². The van der Waals surface area contributed by atoms with Crippen LogP contribution in [-0.4, -0.2) is 57.8 Å². The molecule has 0 spiro atoms. The molecule has 2 aromatic rings. The molecule has 1 atom stereocenters.